The van der Waals surface area contributed by atoms with Gasteiger partial charge in [0.1, 0.15) is 12.0 Å². The Morgan fingerprint density at radius 2 is 2.24 bits per heavy atom. The van der Waals surface area contributed by atoms with Crippen molar-refractivity contribution in [1.29, 1.82) is 0 Å². The summed E-state index contributed by atoms with van der Waals surface area (Å²) in [5, 5.41) is 19.1. The normalized spacial score (nSPS) is 10.6. The van der Waals surface area contributed by atoms with E-state index >= 15 is 0 Å². The second-order valence-corrected chi connectivity index (χ2v) is 4.12. The molecule has 0 bridgehead atoms. The van der Waals surface area contributed by atoms with Crippen LogP contribution in [0.1, 0.15) is 17.7 Å². The summed E-state index contributed by atoms with van der Waals surface area (Å²) < 4.78 is 25.2. The molecule has 0 aliphatic rings. The zero-order valence-electron chi connectivity index (χ0n) is 8.06. The molecular formula is C8H5F2IN2O4. The molecule has 1 N–H and O–H groups in total. The smallest absolute Gasteiger partial charge is 0.372 e. The number of hydrogen-bond donors (Lipinski definition) is 1. The fraction of sp³-hybridized carbons (Fsp3) is 0.250. The summed E-state index contributed by atoms with van der Waals surface area (Å²) in [5.74, 6) is -2.24. The summed E-state index contributed by atoms with van der Waals surface area (Å²) in [7, 11) is 0. The van der Waals surface area contributed by atoms with Gasteiger partial charge in [-0.3, -0.25) is 4.79 Å². The molecule has 0 unspecified atom stereocenters. The third-order valence-electron chi connectivity index (χ3n) is 1.78. The van der Waals surface area contributed by atoms with Gasteiger partial charge in [0.25, 0.3) is 6.43 Å². The van der Waals surface area contributed by atoms with Gasteiger partial charge in [-0.1, -0.05) is 0 Å². The molecule has 1 rings (SSSR count). The van der Waals surface area contributed by atoms with Gasteiger partial charge in [-0.15, -0.1) is 0 Å². The van der Waals surface area contributed by atoms with Crippen LogP contribution in [0.25, 0.3) is 0 Å². The molecule has 0 aliphatic heterocycles. The Morgan fingerprint density at radius 3 is 2.65 bits per heavy atom. The van der Waals surface area contributed by atoms with Crippen molar-refractivity contribution in [3.05, 3.63) is 31.0 Å². The van der Waals surface area contributed by atoms with Gasteiger partial charge >= 0.3 is 11.8 Å². The number of carbonyl (C=O) groups is 1. The Bertz CT molecular complexity index is 481. The summed E-state index contributed by atoms with van der Waals surface area (Å²) in [6.07, 6.45) is -3.59. The Kier molecular flexibility index (Phi) is 4.26. The van der Waals surface area contributed by atoms with Crippen LogP contribution >= 0.6 is 22.6 Å². The van der Waals surface area contributed by atoms with Crippen molar-refractivity contribution in [2.45, 2.75) is 12.8 Å². The van der Waals surface area contributed by atoms with Crippen molar-refractivity contribution < 1.29 is 23.6 Å². The molecule has 6 nitrogen and oxygen atoms in total. The van der Waals surface area contributed by atoms with E-state index in [1.807, 2.05) is 0 Å². The third-order valence-corrected chi connectivity index (χ3v) is 2.72. The minimum Gasteiger partial charge on any atom is -0.481 e. The fourth-order valence-electron chi connectivity index (χ4n) is 1.10. The van der Waals surface area contributed by atoms with Crippen LogP contribution in [0, 0.1) is 13.7 Å². The monoisotopic (exact) mass is 358 g/mol. The van der Waals surface area contributed by atoms with Crippen LogP contribution in [0.3, 0.4) is 0 Å². The predicted octanol–water partition coefficient (Wildman–Crippen LogP) is 2.16. The van der Waals surface area contributed by atoms with Gasteiger partial charge in [0.05, 0.1) is 3.57 Å². The Labute approximate surface area is 107 Å². The maximum absolute atomic E-state index is 12.5. The van der Waals surface area contributed by atoms with E-state index in [0.29, 0.717) is 0 Å². The van der Waals surface area contributed by atoms with Crippen LogP contribution in [0.5, 0.6) is 0 Å². The van der Waals surface area contributed by atoms with Crippen molar-refractivity contribution in [3.8, 4) is 0 Å². The lowest BCUT2D eigenvalue weighted by atomic mass is 10.2. The standard InChI is InChI=1S/C8H5F2IN2O4/c9-7(10)3-1-4(11)5(2-6(14)15)12-8(3)13(16)17/h1,7H,2H2,(H,14,15). The molecule has 0 radical (unpaired) electrons. The first-order chi connectivity index (χ1) is 7.82. The minimum atomic E-state index is -3.03. The first-order valence-electron chi connectivity index (χ1n) is 4.16. The zero-order valence-corrected chi connectivity index (χ0v) is 10.2. The molecule has 1 aromatic heterocycles. The number of alkyl halides is 2. The first-order valence-corrected chi connectivity index (χ1v) is 5.24. The lowest BCUT2D eigenvalue weighted by Crippen LogP contribution is -2.09. The minimum absolute atomic E-state index is 0.103. The number of rotatable bonds is 4. The Morgan fingerprint density at radius 1 is 1.65 bits per heavy atom. The summed E-state index contributed by atoms with van der Waals surface area (Å²) in [5.41, 5.74) is -0.914. The van der Waals surface area contributed by atoms with E-state index in [2.05, 4.69) is 4.98 Å². The molecule has 0 atom stereocenters. The number of aromatic nitrogens is 1. The van der Waals surface area contributed by atoms with Gasteiger partial charge in [0.15, 0.2) is 5.69 Å². The number of carboxylic acid groups (broad SMARTS) is 1. The van der Waals surface area contributed by atoms with Gasteiger partial charge in [-0.2, -0.15) is 0 Å². The van der Waals surface area contributed by atoms with Crippen molar-refractivity contribution in [3.63, 3.8) is 0 Å². The second-order valence-electron chi connectivity index (χ2n) is 2.96. The zero-order chi connectivity index (χ0) is 13.2. The third kappa shape index (κ3) is 3.28. The van der Waals surface area contributed by atoms with E-state index in [0.717, 1.165) is 6.07 Å². The highest BCUT2D eigenvalue weighted by Gasteiger charge is 2.27. The molecule has 0 saturated carbocycles. The summed E-state index contributed by atoms with van der Waals surface area (Å²) in [4.78, 5) is 23.3. The number of nitrogens with zero attached hydrogens (tertiary/aromatic N) is 2. The van der Waals surface area contributed by atoms with E-state index in [1.54, 1.807) is 22.6 Å². The molecule has 0 amide bonds. The molecule has 9 heteroatoms. The molecule has 0 spiro atoms. The highest BCUT2D eigenvalue weighted by molar-refractivity contribution is 14.1. The molecule has 1 heterocycles. The lowest BCUT2D eigenvalue weighted by Gasteiger charge is -2.04. The van der Waals surface area contributed by atoms with Crippen molar-refractivity contribution in [2.24, 2.45) is 0 Å². The first kappa shape index (κ1) is 13.7. The van der Waals surface area contributed by atoms with Crippen LogP contribution < -0.4 is 0 Å². The topological polar surface area (TPSA) is 93.3 Å². The SMILES string of the molecule is O=C(O)Cc1nc([N+](=O)[O-])c(C(F)F)cc1I. The molecule has 17 heavy (non-hydrogen) atoms. The van der Waals surface area contributed by atoms with E-state index < -0.39 is 35.1 Å². The van der Waals surface area contributed by atoms with E-state index in [1.165, 1.54) is 0 Å². The van der Waals surface area contributed by atoms with Gasteiger partial charge in [0.2, 0.25) is 0 Å². The van der Waals surface area contributed by atoms with Crippen molar-refractivity contribution in [1.82, 2.24) is 4.98 Å². The fourth-order valence-corrected chi connectivity index (χ4v) is 1.75. The molecule has 0 fully saturated rings. The number of hydrogen-bond acceptors (Lipinski definition) is 4. The average Bonchev–Trinajstić information content (AvgIpc) is 2.19. The summed E-state index contributed by atoms with van der Waals surface area (Å²) >= 11 is 1.61. The molecule has 1 aromatic rings. The van der Waals surface area contributed by atoms with Crippen LogP contribution in [-0.2, 0) is 11.2 Å². The highest BCUT2D eigenvalue weighted by Crippen LogP contribution is 2.29. The molecule has 0 aliphatic carbocycles. The lowest BCUT2D eigenvalue weighted by molar-refractivity contribution is -0.391. The number of pyridine rings is 1. The maximum atomic E-state index is 12.5. The number of aliphatic carboxylic acids is 1. The number of nitro groups is 1. The maximum Gasteiger partial charge on any atom is 0.372 e. The molecular weight excluding hydrogens is 353 g/mol. The largest absolute Gasteiger partial charge is 0.481 e. The van der Waals surface area contributed by atoms with E-state index in [9.17, 15) is 23.7 Å². The van der Waals surface area contributed by atoms with E-state index in [4.69, 9.17) is 5.11 Å². The summed E-state index contributed by atoms with van der Waals surface area (Å²) in [6, 6.07) is 0.884. The number of carboxylic acids is 1. The summed E-state index contributed by atoms with van der Waals surface area (Å²) in [6.45, 7) is 0. The molecule has 0 saturated heterocycles. The van der Waals surface area contributed by atoms with Crippen LogP contribution in [0.15, 0.2) is 6.07 Å². The van der Waals surface area contributed by atoms with Gasteiger partial charge in [-0.25, -0.2) is 8.78 Å². The number of halogens is 3. The second kappa shape index (κ2) is 5.29. The molecule has 92 valence electrons. The average molecular weight is 358 g/mol. The Hall–Kier alpha value is -1.39. The Balaban J connectivity index is 3.34. The van der Waals surface area contributed by atoms with Crippen LogP contribution in [0.4, 0.5) is 14.6 Å². The van der Waals surface area contributed by atoms with Crippen molar-refractivity contribution in [2.75, 3.05) is 0 Å². The molecule has 0 aromatic carbocycles. The van der Waals surface area contributed by atoms with Gasteiger partial charge in [-0.05, 0) is 38.6 Å². The van der Waals surface area contributed by atoms with Crippen molar-refractivity contribution >= 4 is 34.4 Å². The quantitative estimate of drug-likeness (QED) is 0.506. The highest BCUT2D eigenvalue weighted by atomic mass is 127. The van der Waals surface area contributed by atoms with E-state index in [-0.39, 0.29) is 9.26 Å². The van der Waals surface area contributed by atoms with Crippen LogP contribution in [-0.4, -0.2) is 21.0 Å². The van der Waals surface area contributed by atoms with Crippen LogP contribution in [0.2, 0.25) is 0 Å². The predicted molar refractivity (Wildman–Crippen MR) is 59.9 cm³/mol. The van der Waals surface area contributed by atoms with Gasteiger partial charge < -0.3 is 15.2 Å². The van der Waals surface area contributed by atoms with Gasteiger partial charge in [0, 0.05) is 0 Å².